The number of benzene rings is 1. The van der Waals surface area contributed by atoms with Crippen LogP contribution in [-0.4, -0.2) is 12.3 Å². The van der Waals surface area contributed by atoms with Crippen molar-refractivity contribution in [2.24, 2.45) is 5.84 Å². The lowest BCUT2D eigenvalue weighted by atomic mass is 10.2. The van der Waals surface area contributed by atoms with Crippen LogP contribution < -0.4 is 10.9 Å². The lowest BCUT2D eigenvalue weighted by Gasteiger charge is -2.18. The van der Waals surface area contributed by atoms with Gasteiger partial charge in [0, 0.05) is 11.4 Å². The molecule has 1 aliphatic rings. The topological polar surface area (TPSA) is 29.3 Å². The van der Waals surface area contributed by atoms with Gasteiger partial charge in [0.1, 0.15) is 0 Å². The number of hydrazine groups is 1. The van der Waals surface area contributed by atoms with Crippen LogP contribution in [0, 0.1) is 6.92 Å². The van der Waals surface area contributed by atoms with Crippen molar-refractivity contribution in [3.05, 3.63) is 23.8 Å². The molecule has 0 aromatic heterocycles. The van der Waals surface area contributed by atoms with Crippen LogP contribution in [0.4, 0.5) is 5.69 Å². The maximum Gasteiger partial charge on any atom is 0.0655 e. The molecule has 2 nitrogen and oxygen atoms in total. The normalized spacial score (nSPS) is 16.6. The summed E-state index contributed by atoms with van der Waals surface area (Å²) in [6, 6.07) is 6.31. The van der Waals surface area contributed by atoms with E-state index < -0.39 is 0 Å². The number of hydrogen-bond acceptors (Lipinski definition) is 3. The van der Waals surface area contributed by atoms with Gasteiger partial charge in [0.15, 0.2) is 0 Å². The number of thioether (sulfide) groups is 1. The van der Waals surface area contributed by atoms with Gasteiger partial charge in [-0.1, -0.05) is 12.1 Å². The van der Waals surface area contributed by atoms with Crippen LogP contribution in [-0.2, 0) is 0 Å². The summed E-state index contributed by atoms with van der Waals surface area (Å²) >= 11 is 1.92. The first kappa shape index (κ1) is 8.91. The van der Waals surface area contributed by atoms with Gasteiger partial charge in [0.2, 0.25) is 0 Å². The van der Waals surface area contributed by atoms with Crippen molar-refractivity contribution < 1.29 is 0 Å². The molecule has 0 saturated carbocycles. The average Bonchev–Trinajstić information content (AvgIpc) is 2.30. The lowest BCUT2D eigenvalue weighted by Crippen LogP contribution is -2.31. The zero-order valence-corrected chi connectivity index (χ0v) is 8.60. The van der Waals surface area contributed by atoms with Gasteiger partial charge in [-0.25, -0.2) is 5.84 Å². The molecule has 0 unspecified atom stereocenters. The second-order valence-corrected chi connectivity index (χ2v) is 4.42. The molecule has 0 bridgehead atoms. The van der Waals surface area contributed by atoms with Gasteiger partial charge in [0.25, 0.3) is 0 Å². The fraction of sp³-hybridized carbons (Fsp3) is 0.400. The molecule has 0 fully saturated rings. The predicted molar refractivity (Wildman–Crippen MR) is 58.1 cm³/mol. The molecule has 0 atom stereocenters. The smallest absolute Gasteiger partial charge is 0.0655 e. The van der Waals surface area contributed by atoms with E-state index in [4.69, 9.17) is 5.84 Å². The van der Waals surface area contributed by atoms with Crippen LogP contribution in [0.3, 0.4) is 0 Å². The highest BCUT2D eigenvalue weighted by Crippen LogP contribution is 2.34. The number of anilines is 1. The molecule has 1 aromatic rings. The van der Waals surface area contributed by atoms with Crippen molar-refractivity contribution in [3.63, 3.8) is 0 Å². The quantitative estimate of drug-likeness (QED) is 0.642. The van der Waals surface area contributed by atoms with Crippen molar-refractivity contribution in [3.8, 4) is 0 Å². The molecule has 2 N–H and O–H groups in total. The predicted octanol–water partition coefficient (Wildman–Crippen LogP) is 2.17. The molecule has 0 saturated heterocycles. The van der Waals surface area contributed by atoms with E-state index in [0.717, 1.165) is 13.0 Å². The Hall–Kier alpha value is -0.670. The van der Waals surface area contributed by atoms with Gasteiger partial charge in [-0.2, -0.15) is 0 Å². The summed E-state index contributed by atoms with van der Waals surface area (Å²) in [5.74, 6) is 7.11. The Morgan fingerprint density at radius 1 is 1.46 bits per heavy atom. The van der Waals surface area contributed by atoms with Crippen molar-refractivity contribution in [1.82, 2.24) is 0 Å². The first-order chi connectivity index (χ1) is 6.29. The van der Waals surface area contributed by atoms with Gasteiger partial charge >= 0.3 is 0 Å². The molecule has 2 rings (SSSR count). The Morgan fingerprint density at radius 2 is 2.31 bits per heavy atom. The summed E-state index contributed by atoms with van der Waals surface area (Å²) < 4.78 is 0. The number of hydrogen-bond donors (Lipinski definition) is 1. The molecular weight excluding hydrogens is 180 g/mol. The summed E-state index contributed by atoms with van der Waals surface area (Å²) in [6.07, 6.45) is 1.16. The van der Waals surface area contributed by atoms with E-state index in [-0.39, 0.29) is 0 Å². The molecule has 0 aliphatic carbocycles. The zero-order chi connectivity index (χ0) is 9.26. The molecule has 70 valence electrons. The summed E-state index contributed by atoms with van der Waals surface area (Å²) in [4.78, 5) is 1.35. The monoisotopic (exact) mass is 194 g/mol. The molecule has 0 amide bonds. The van der Waals surface area contributed by atoms with Gasteiger partial charge < -0.3 is 5.01 Å². The second-order valence-electron chi connectivity index (χ2n) is 3.32. The third-order valence-electron chi connectivity index (χ3n) is 2.29. The first-order valence-electron chi connectivity index (χ1n) is 4.53. The van der Waals surface area contributed by atoms with Crippen LogP contribution in [0.15, 0.2) is 23.1 Å². The summed E-state index contributed by atoms with van der Waals surface area (Å²) in [6.45, 7) is 3.11. The first-order valence-corrected chi connectivity index (χ1v) is 5.52. The number of fused-ring (bicyclic) bond motifs is 1. The van der Waals surface area contributed by atoms with E-state index in [1.807, 2.05) is 16.8 Å². The van der Waals surface area contributed by atoms with E-state index in [1.54, 1.807) is 0 Å². The third kappa shape index (κ3) is 1.67. The van der Waals surface area contributed by atoms with E-state index in [1.165, 1.54) is 21.9 Å². The van der Waals surface area contributed by atoms with Crippen molar-refractivity contribution in [2.45, 2.75) is 18.2 Å². The van der Waals surface area contributed by atoms with Crippen LogP contribution >= 0.6 is 11.8 Å². The average molecular weight is 194 g/mol. The summed E-state index contributed by atoms with van der Waals surface area (Å²) in [5.41, 5.74) is 2.52. The highest BCUT2D eigenvalue weighted by molar-refractivity contribution is 7.99. The summed E-state index contributed by atoms with van der Waals surface area (Å²) in [5, 5.41) is 1.86. The highest BCUT2D eigenvalue weighted by atomic mass is 32.2. The second kappa shape index (κ2) is 3.60. The van der Waals surface area contributed by atoms with Gasteiger partial charge in [0.05, 0.1) is 5.69 Å². The Bertz CT molecular complexity index is 312. The Kier molecular flexibility index (Phi) is 2.47. The minimum atomic E-state index is 0.962. The Labute approximate surface area is 83.1 Å². The van der Waals surface area contributed by atoms with Crippen LogP contribution in [0.25, 0.3) is 0 Å². The molecule has 0 spiro atoms. The van der Waals surface area contributed by atoms with E-state index in [0.29, 0.717) is 0 Å². The molecule has 0 radical (unpaired) electrons. The third-order valence-corrected chi connectivity index (χ3v) is 3.60. The molecule has 3 heteroatoms. The van der Waals surface area contributed by atoms with E-state index in [9.17, 15) is 0 Å². The van der Waals surface area contributed by atoms with E-state index >= 15 is 0 Å². The lowest BCUT2D eigenvalue weighted by molar-refractivity contribution is 0.811. The molecule has 1 heterocycles. The molecule has 1 aromatic carbocycles. The van der Waals surface area contributed by atoms with Gasteiger partial charge in [-0.3, -0.25) is 0 Å². The number of nitrogens with two attached hydrogens (primary N) is 1. The Balaban J connectivity index is 2.47. The maximum atomic E-state index is 5.94. The van der Waals surface area contributed by atoms with Crippen molar-refractivity contribution >= 4 is 17.4 Å². The fourth-order valence-electron chi connectivity index (χ4n) is 1.58. The Morgan fingerprint density at radius 3 is 3.15 bits per heavy atom. The van der Waals surface area contributed by atoms with Crippen LogP contribution in [0.2, 0.25) is 0 Å². The minimum Gasteiger partial charge on any atom is -0.310 e. The largest absolute Gasteiger partial charge is 0.310 e. The maximum absolute atomic E-state index is 5.94. The molecular formula is C10H14N2S. The standard InChI is InChI=1S/C10H14N2S/c1-8-4-2-5-9-10(8)13-7-3-6-12(9)11/h2,4-5H,3,6-7,11H2,1H3. The van der Waals surface area contributed by atoms with Crippen LogP contribution in [0.1, 0.15) is 12.0 Å². The molecule has 1 aliphatic heterocycles. The number of rotatable bonds is 0. The fourth-order valence-corrected chi connectivity index (χ4v) is 2.69. The SMILES string of the molecule is Cc1cccc2c1SCCCN2N. The zero-order valence-electron chi connectivity index (χ0n) is 7.79. The molecule has 13 heavy (non-hydrogen) atoms. The van der Waals surface area contributed by atoms with Crippen molar-refractivity contribution in [1.29, 1.82) is 0 Å². The highest BCUT2D eigenvalue weighted by Gasteiger charge is 2.13. The number of nitrogens with zero attached hydrogens (tertiary/aromatic N) is 1. The van der Waals surface area contributed by atoms with Gasteiger partial charge in [-0.05, 0) is 30.7 Å². The van der Waals surface area contributed by atoms with E-state index in [2.05, 4.69) is 25.1 Å². The minimum absolute atomic E-state index is 0.962. The van der Waals surface area contributed by atoms with Crippen LogP contribution in [0.5, 0.6) is 0 Å². The van der Waals surface area contributed by atoms with Gasteiger partial charge in [-0.15, -0.1) is 11.8 Å². The number of aryl methyl sites for hydroxylation is 1. The summed E-state index contributed by atoms with van der Waals surface area (Å²) in [7, 11) is 0. The van der Waals surface area contributed by atoms with Crippen molar-refractivity contribution in [2.75, 3.05) is 17.3 Å².